The molecule has 7 heteroatoms. The minimum absolute atomic E-state index is 0.182. The quantitative estimate of drug-likeness (QED) is 0.797. The summed E-state index contributed by atoms with van der Waals surface area (Å²) in [5.74, 6) is 0.871. The van der Waals surface area contributed by atoms with Gasteiger partial charge in [0.05, 0.1) is 27.4 Å². The Balaban J connectivity index is 2.12. The Morgan fingerprint density at radius 3 is 2.38 bits per heavy atom. The van der Waals surface area contributed by atoms with Gasteiger partial charge in [0.25, 0.3) is 0 Å². The number of nitrogens with zero attached hydrogens (tertiary/aromatic N) is 1. The number of thiophene rings is 1. The molecule has 1 aliphatic heterocycles. The Hall–Kier alpha value is -2.25. The van der Waals surface area contributed by atoms with Gasteiger partial charge in [0.1, 0.15) is 6.04 Å². The van der Waals surface area contributed by atoms with Crippen LogP contribution in [0.3, 0.4) is 0 Å². The summed E-state index contributed by atoms with van der Waals surface area (Å²) < 4.78 is 16.4. The Morgan fingerprint density at radius 1 is 1.19 bits per heavy atom. The lowest BCUT2D eigenvalue weighted by atomic mass is 9.97. The number of hydrogen-bond acceptors (Lipinski definition) is 6. The molecule has 1 aliphatic rings. The Labute approximate surface area is 156 Å². The summed E-state index contributed by atoms with van der Waals surface area (Å²) in [6, 6.07) is 5.16. The fourth-order valence-electron chi connectivity index (χ4n) is 3.63. The van der Waals surface area contributed by atoms with Crippen LogP contribution in [0.1, 0.15) is 30.0 Å². The molecule has 6 nitrogen and oxygen atoms in total. The van der Waals surface area contributed by atoms with Crippen LogP contribution in [-0.4, -0.2) is 49.9 Å². The number of carbonyl (C=O) groups is 1. The average molecular weight is 377 g/mol. The van der Waals surface area contributed by atoms with E-state index in [0.717, 1.165) is 24.1 Å². The van der Waals surface area contributed by atoms with Crippen molar-refractivity contribution in [3.63, 3.8) is 0 Å². The molecule has 0 bridgehead atoms. The molecule has 26 heavy (non-hydrogen) atoms. The summed E-state index contributed by atoms with van der Waals surface area (Å²) in [5, 5.41) is 13.7. The molecule has 0 saturated carbocycles. The van der Waals surface area contributed by atoms with Crippen molar-refractivity contribution in [1.82, 2.24) is 4.90 Å². The largest absolute Gasteiger partial charge is 0.493 e. The van der Waals surface area contributed by atoms with E-state index in [1.54, 1.807) is 32.7 Å². The molecule has 3 rings (SSSR count). The van der Waals surface area contributed by atoms with E-state index in [4.69, 9.17) is 14.2 Å². The van der Waals surface area contributed by atoms with Gasteiger partial charge in [0.2, 0.25) is 5.75 Å². The summed E-state index contributed by atoms with van der Waals surface area (Å²) in [4.78, 5) is 13.8. The van der Waals surface area contributed by atoms with Crippen molar-refractivity contribution < 1.29 is 24.1 Å². The molecule has 0 amide bonds. The summed E-state index contributed by atoms with van der Waals surface area (Å²) >= 11 is 1.60. The lowest BCUT2D eigenvalue weighted by Gasteiger charge is -2.32. The predicted octanol–water partition coefficient (Wildman–Crippen LogP) is 3.41. The molecule has 2 unspecified atom stereocenters. The van der Waals surface area contributed by atoms with E-state index >= 15 is 0 Å². The highest BCUT2D eigenvalue weighted by atomic mass is 32.1. The predicted molar refractivity (Wildman–Crippen MR) is 99.6 cm³/mol. The third kappa shape index (κ3) is 3.37. The first kappa shape index (κ1) is 18.5. The van der Waals surface area contributed by atoms with E-state index in [0.29, 0.717) is 23.7 Å². The number of hydrogen-bond donors (Lipinski definition) is 1. The van der Waals surface area contributed by atoms with E-state index in [-0.39, 0.29) is 6.04 Å². The second-order valence-corrected chi connectivity index (χ2v) is 6.93. The Kier molecular flexibility index (Phi) is 5.68. The van der Waals surface area contributed by atoms with Crippen LogP contribution in [0.5, 0.6) is 17.2 Å². The fraction of sp³-hybridized carbons (Fsp3) is 0.421. The topological polar surface area (TPSA) is 68.2 Å². The van der Waals surface area contributed by atoms with Crippen LogP contribution in [-0.2, 0) is 4.79 Å². The number of rotatable bonds is 7. The van der Waals surface area contributed by atoms with Gasteiger partial charge in [-0.05, 0) is 52.9 Å². The molecule has 140 valence electrons. The van der Waals surface area contributed by atoms with Gasteiger partial charge >= 0.3 is 5.97 Å². The number of likely N-dealkylation sites (tertiary alicyclic amines) is 1. The van der Waals surface area contributed by atoms with Crippen LogP contribution < -0.4 is 14.2 Å². The van der Waals surface area contributed by atoms with Gasteiger partial charge in [-0.3, -0.25) is 9.69 Å². The second kappa shape index (κ2) is 7.97. The molecule has 2 atom stereocenters. The maximum Gasteiger partial charge on any atom is 0.320 e. The standard InChI is InChI=1S/C19H23NO5S/c1-23-15-9-13(10-16(24-2)18(15)25-3)17(12-6-8-26-11-12)20-7-4-5-14(20)19(21)22/h6,8-11,14,17H,4-5,7H2,1-3H3,(H,21,22). The summed E-state index contributed by atoms with van der Waals surface area (Å²) in [6.45, 7) is 0.730. The molecule has 2 aromatic rings. The van der Waals surface area contributed by atoms with Crippen molar-refractivity contribution in [2.75, 3.05) is 27.9 Å². The number of carboxylic acids is 1. The molecule has 2 heterocycles. The minimum Gasteiger partial charge on any atom is -0.493 e. The molecular formula is C19H23NO5S. The van der Waals surface area contributed by atoms with Gasteiger partial charge in [-0.15, -0.1) is 0 Å². The third-order valence-electron chi connectivity index (χ3n) is 4.77. The fourth-order valence-corrected chi connectivity index (χ4v) is 4.31. The van der Waals surface area contributed by atoms with E-state index in [2.05, 4.69) is 5.38 Å². The van der Waals surface area contributed by atoms with Crippen molar-refractivity contribution in [2.24, 2.45) is 0 Å². The zero-order valence-electron chi connectivity index (χ0n) is 15.1. The first-order valence-electron chi connectivity index (χ1n) is 8.41. The maximum absolute atomic E-state index is 11.8. The zero-order chi connectivity index (χ0) is 18.7. The monoisotopic (exact) mass is 377 g/mol. The number of aliphatic carboxylic acids is 1. The molecule has 0 spiro atoms. The Morgan fingerprint density at radius 2 is 1.88 bits per heavy atom. The van der Waals surface area contributed by atoms with Crippen molar-refractivity contribution in [3.05, 3.63) is 40.1 Å². The highest BCUT2D eigenvalue weighted by Crippen LogP contribution is 2.44. The summed E-state index contributed by atoms with van der Waals surface area (Å²) in [6.07, 6.45) is 1.52. The second-order valence-electron chi connectivity index (χ2n) is 6.15. The van der Waals surface area contributed by atoms with Gasteiger partial charge in [-0.2, -0.15) is 11.3 Å². The van der Waals surface area contributed by atoms with Crippen molar-refractivity contribution >= 4 is 17.3 Å². The van der Waals surface area contributed by atoms with Crippen LogP contribution in [0.25, 0.3) is 0 Å². The number of carboxylic acid groups (broad SMARTS) is 1. The van der Waals surface area contributed by atoms with Crippen LogP contribution in [0.2, 0.25) is 0 Å². The van der Waals surface area contributed by atoms with E-state index in [1.807, 2.05) is 28.5 Å². The van der Waals surface area contributed by atoms with Gasteiger partial charge in [0.15, 0.2) is 11.5 Å². The Bertz CT molecular complexity index is 736. The molecule has 1 N–H and O–H groups in total. The highest BCUT2D eigenvalue weighted by molar-refractivity contribution is 7.08. The van der Waals surface area contributed by atoms with Crippen LogP contribution in [0.4, 0.5) is 0 Å². The number of benzene rings is 1. The minimum atomic E-state index is -0.782. The first-order valence-corrected chi connectivity index (χ1v) is 9.35. The molecule has 0 radical (unpaired) electrons. The normalized spacial score (nSPS) is 18.5. The average Bonchev–Trinajstić information content (AvgIpc) is 3.33. The lowest BCUT2D eigenvalue weighted by molar-refractivity contribution is -0.142. The van der Waals surface area contributed by atoms with Gasteiger partial charge in [-0.1, -0.05) is 0 Å². The van der Waals surface area contributed by atoms with E-state index in [9.17, 15) is 9.90 Å². The van der Waals surface area contributed by atoms with Gasteiger partial charge in [-0.25, -0.2) is 0 Å². The van der Waals surface area contributed by atoms with Crippen molar-refractivity contribution in [3.8, 4) is 17.2 Å². The molecule has 0 aliphatic carbocycles. The van der Waals surface area contributed by atoms with Gasteiger partial charge < -0.3 is 19.3 Å². The third-order valence-corrected chi connectivity index (χ3v) is 5.47. The highest BCUT2D eigenvalue weighted by Gasteiger charge is 2.37. The van der Waals surface area contributed by atoms with Crippen LogP contribution >= 0.6 is 11.3 Å². The van der Waals surface area contributed by atoms with Crippen LogP contribution in [0.15, 0.2) is 29.0 Å². The lowest BCUT2D eigenvalue weighted by Crippen LogP contribution is -2.39. The molecule has 1 aromatic carbocycles. The first-order chi connectivity index (χ1) is 12.6. The van der Waals surface area contributed by atoms with Gasteiger partial charge in [0, 0.05) is 6.54 Å². The number of ether oxygens (including phenoxy) is 3. The van der Waals surface area contributed by atoms with Crippen LogP contribution in [0, 0.1) is 0 Å². The summed E-state index contributed by atoms with van der Waals surface area (Å²) in [5.41, 5.74) is 1.99. The molecule has 1 fully saturated rings. The van der Waals surface area contributed by atoms with Crippen molar-refractivity contribution in [2.45, 2.75) is 24.9 Å². The maximum atomic E-state index is 11.8. The summed E-state index contributed by atoms with van der Waals surface area (Å²) in [7, 11) is 4.73. The smallest absolute Gasteiger partial charge is 0.320 e. The molecule has 1 saturated heterocycles. The van der Waals surface area contributed by atoms with E-state index in [1.165, 1.54) is 0 Å². The molecule has 1 aromatic heterocycles. The zero-order valence-corrected chi connectivity index (χ0v) is 15.9. The SMILES string of the molecule is COc1cc(C(c2ccsc2)N2CCCC2C(=O)O)cc(OC)c1OC. The molecular weight excluding hydrogens is 354 g/mol. The van der Waals surface area contributed by atoms with Crippen molar-refractivity contribution in [1.29, 1.82) is 0 Å². The van der Waals surface area contributed by atoms with E-state index < -0.39 is 12.0 Å². The number of methoxy groups -OCH3 is 3.